The van der Waals surface area contributed by atoms with E-state index in [2.05, 4.69) is 21.7 Å². The predicted octanol–water partition coefficient (Wildman–Crippen LogP) is 2.42. The zero-order chi connectivity index (χ0) is 18.3. The Morgan fingerprint density at radius 1 is 1.15 bits per heavy atom. The van der Waals surface area contributed by atoms with Crippen LogP contribution in [0.5, 0.6) is 0 Å². The lowest BCUT2D eigenvalue weighted by molar-refractivity contribution is -0.149. The fraction of sp³-hybridized carbons (Fsp3) is 0.263. The molecule has 1 amide bonds. The number of aliphatic hydroxyl groups is 2. The maximum absolute atomic E-state index is 12.8. The van der Waals surface area contributed by atoms with E-state index in [1.807, 2.05) is 24.4 Å². The van der Waals surface area contributed by atoms with E-state index in [0.717, 1.165) is 28.4 Å². The van der Waals surface area contributed by atoms with E-state index in [1.54, 1.807) is 17.0 Å². The molecule has 2 N–H and O–H groups in total. The van der Waals surface area contributed by atoms with Crippen LogP contribution in [0.2, 0.25) is 0 Å². The van der Waals surface area contributed by atoms with Crippen molar-refractivity contribution >= 4 is 17.2 Å². The van der Waals surface area contributed by atoms with Crippen LogP contribution in [0.15, 0.2) is 48.7 Å². The van der Waals surface area contributed by atoms with Crippen molar-refractivity contribution in [3.05, 3.63) is 64.2 Å². The summed E-state index contributed by atoms with van der Waals surface area (Å²) in [5.74, 6) is -1.18. The molecule has 1 aromatic carbocycles. The maximum atomic E-state index is 12.8. The van der Waals surface area contributed by atoms with Crippen LogP contribution in [0, 0.1) is 0 Å². The molecule has 0 saturated heterocycles. The normalized spacial score (nSPS) is 14.3. The van der Waals surface area contributed by atoms with Crippen molar-refractivity contribution in [3.63, 3.8) is 0 Å². The highest BCUT2D eigenvalue weighted by atomic mass is 32.1. The van der Waals surface area contributed by atoms with Crippen LogP contribution < -0.4 is 0 Å². The number of aromatic nitrogens is 2. The molecule has 0 fully saturated rings. The molecule has 0 aliphatic carbocycles. The molecule has 3 heterocycles. The van der Waals surface area contributed by atoms with E-state index in [-0.39, 0.29) is 5.91 Å². The third-order valence-electron chi connectivity index (χ3n) is 4.50. The molecule has 0 atom stereocenters. The molecule has 1 aliphatic heterocycles. The minimum Gasteiger partial charge on any atom is -0.362 e. The quantitative estimate of drug-likeness (QED) is 0.695. The summed E-state index contributed by atoms with van der Waals surface area (Å²) < 4.78 is 2.15. The molecule has 134 valence electrons. The molecule has 0 spiro atoms. The molecule has 3 aromatic rings. The minimum atomic E-state index is -1.92. The smallest absolute Gasteiger partial charge is 0.264 e. The summed E-state index contributed by atoms with van der Waals surface area (Å²) in [6.45, 7) is 3.00. The molecule has 0 radical (unpaired) electrons. The number of carbonyl (C=O) groups excluding carboxylic acids is 1. The van der Waals surface area contributed by atoms with E-state index in [9.17, 15) is 15.0 Å². The van der Waals surface area contributed by atoms with Crippen molar-refractivity contribution in [2.75, 3.05) is 6.54 Å². The number of nitrogens with zero attached hydrogens (tertiary/aromatic N) is 3. The number of fused-ring (bicyclic) bond motifs is 1. The van der Waals surface area contributed by atoms with E-state index in [1.165, 1.54) is 6.92 Å². The van der Waals surface area contributed by atoms with Gasteiger partial charge in [-0.05, 0) is 24.6 Å². The van der Waals surface area contributed by atoms with E-state index in [4.69, 9.17) is 0 Å². The highest BCUT2D eigenvalue weighted by Crippen LogP contribution is 2.29. The lowest BCUT2D eigenvalue weighted by Gasteiger charge is -2.28. The van der Waals surface area contributed by atoms with Gasteiger partial charge in [-0.2, -0.15) is 0 Å². The first kappa shape index (κ1) is 17.0. The molecular formula is C19H19N3O3S. The average molecular weight is 369 g/mol. The number of hydrogen-bond acceptors (Lipinski definition) is 5. The van der Waals surface area contributed by atoms with Crippen LogP contribution in [-0.2, 0) is 18.9 Å². The van der Waals surface area contributed by atoms with Gasteiger partial charge in [-0.3, -0.25) is 4.79 Å². The number of benzene rings is 1. The molecular weight excluding hydrogens is 350 g/mol. The first-order valence-corrected chi connectivity index (χ1v) is 9.19. The molecule has 26 heavy (non-hydrogen) atoms. The van der Waals surface area contributed by atoms with Crippen molar-refractivity contribution < 1.29 is 15.0 Å². The van der Waals surface area contributed by atoms with Gasteiger partial charge < -0.3 is 19.7 Å². The fourth-order valence-corrected chi connectivity index (χ4v) is 4.05. The maximum Gasteiger partial charge on any atom is 0.264 e. The number of rotatable bonds is 3. The summed E-state index contributed by atoms with van der Waals surface area (Å²) in [7, 11) is 0. The fourth-order valence-electron chi connectivity index (χ4n) is 3.14. The summed E-state index contributed by atoms with van der Waals surface area (Å²) in [5.41, 5.74) is 2.17. The van der Waals surface area contributed by atoms with Crippen LogP contribution in [0.3, 0.4) is 0 Å². The lowest BCUT2D eigenvalue weighted by atomic mass is 10.1. The Hall–Kier alpha value is -2.48. The Morgan fingerprint density at radius 3 is 2.62 bits per heavy atom. The first-order chi connectivity index (χ1) is 12.4. The van der Waals surface area contributed by atoms with Gasteiger partial charge >= 0.3 is 0 Å². The van der Waals surface area contributed by atoms with Crippen LogP contribution in [0.1, 0.15) is 27.3 Å². The van der Waals surface area contributed by atoms with Gasteiger partial charge in [0.25, 0.3) is 5.91 Å². The van der Waals surface area contributed by atoms with Crippen LogP contribution >= 0.6 is 11.3 Å². The first-order valence-electron chi connectivity index (χ1n) is 8.37. The predicted molar refractivity (Wildman–Crippen MR) is 98.5 cm³/mol. The van der Waals surface area contributed by atoms with Gasteiger partial charge in [0.05, 0.1) is 28.2 Å². The summed E-state index contributed by atoms with van der Waals surface area (Å²) in [4.78, 5) is 19.9. The summed E-state index contributed by atoms with van der Waals surface area (Å²) in [6.07, 6.45) is 1.85. The molecule has 0 bridgehead atoms. The summed E-state index contributed by atoms with van der Waals surface area (Å²) in [6, 6.07) is 13.3. The zero-order valence-corrected chi connectivity index (χ0v) is 15.1. The van der Waals surface area contributed by atoms with Crippen molar-refractivity contribution in [1.29, 1.82) is 0 Å². The Kier molecular flexibility index (Phi) is 4.14. The standard InChI is InChI=1S/C19H19N3O3S/c1-19(24,25)16-8-7-15(26-16)18(23)21-9-10-22-14(11-20-17(22)12-21)13-5-3-2-4-6-13/h2-8,11,24-25H,9-10,12H2,1H3. The van der Waals surface area contributed by atoms with Gasteiger partial charge in [0, 0.05) is 13.1 Å². The Bertz CT molecular complexity index is 941. The van der Waals surface area contributed by atoms with Crippen LogP contribution in [0.25, 0.3) is 11.3 Å². The molecule has 0 saturated carbocycles. The van der Waals surface area contributed by atoms with E-state index in [0.29, 0.717) is 29.4 Å². The van der Waals surface area contributed by atoms with Crippen molar-refractivity contribution in [2.45, 2.75) is 25.8 Å². The summed E-state index contributed by atoms with van der Waals surface area (Å²) >= 11 is 1.11. The molecule has 6 nitrogen and oxygen atoms in total. The lowest BCUT2D eigenvalue weighted by Crippen LogP contribution is -2.38. The molecule has 1 aliphatic rings. The number of imidazole rings is 1. The Balaban J connectivity index is 1.55. The second-order valence-corrected chi connectivity index (χ2v) is 7.57. The van der Waals surface area contributed by atoms with Gasteiger partial charge in [0.2, 0.25) is 0 Å². The largest absolute Gasteiger partial charge is 0.362 e. The highest BCUT2D eigenvalue weighted by Gasteiger charge is 2.27. The van der Waals surface area contributed by atoms with E-state index < -0.39 is 5.79 Å². The number of amides is 1. The van der Waals surface area contributed by atoms with Crippen molar-refractivity contribution in [1.82, 2.24) is 14.5 Å². The van der Waals surface area contributed by atoms with Gasteiger partial charge in [-0.15, -0.1) is 11.3 Å². The van der Waals surface area contributed by atoms with Gasteiger partial charge in [0.15, 0.2) is 5.79 Å². The topological polar surface area (TPSA) is 78.6 Å². The third-order valence-corrected chi connectivity index (χ3v) is 5.78. The number of hydrogen-bond donors (Lipinski definition) is 2. The second-order valence-electron chi connectivity index (χ2n) is 6.49. The SMILES string of the molecule is CC(O)(O)c1ccc(C(=O)N2CCn3c(-c4ccccc4)cnc3C2)s1. The molecule has 0 unspecified atom stereocenters. The van der Waals surface area contributed by atoms with Gasteiger partial charge in [-0.25, -0.2) is 4.98 Å². The summed E-state index contributed by atoms with van der Waals surface area (Å²) in [5, 5.41) is 19.3. The molecule has 4 rings (SSSR count). The minimum absolute atomic E-state index is 0.110. The number of carbonyl (C=O) groups is 1. The Morgan fingerprint density at radius 2 is 1.92 bits per heavy atom. The average Bonchev–Trinajstić information content (AvgIpc) is 3.28. The van der Waals surface area contributed by atoms with Crippen LogP contribution in [0.4, 0.5) is 0 Å². The number of thiophene rings is 1. The molecule has 7 heteroatoms. The van der Waals surface area contributed by atoms with Gasteiger partial charge in [-0.1, -0.05) is 30.3 Å². The molecule has 2 aromatic heterocycles. The second kappa shape index (κ2) is 6.35. The monoisotopic (exact) mass is 369 g/mol. The third kappa shape index (κ3) is 3.05. The van der Waals surface area contributed by atoms with Crippen molar-refractivity contribution in [2.24, 2.45) is 0 Å². The highest BCUT2D eigenvalue weighted by molar-refractivity contribution is 7.14. The zero-order valence-electron chi connectivity index (χ0n) is 14.3. The van der Waals surface area contributed by atoms with Crippen molar-refractivity contribution in [3.8, 4) is 11.3 Å². The van der Waals surface area contributed by atoms with Gasteiger partial charge in [0.1, 0.15) is 5.82 Å². The Labute approximate surface area is 155 Å². The van der Waals surface area contributed by atoms with Crippen LogP contribution in [-0.4, -0.2) is 37.1 Å². The van der Waals surface area contributed by atoms with E-state index >= 15 is 0 Å².